The molecule has 0 amide bonds. The molecular weight excluding hydrogens is 248 g/mol. The molecule has 18 heavy (non-hydrogen) atoms. The first kappa shape index (κ1) is 10.8. The molecule has 4 aliphatic rings. The fourth-order valence-corrected chi connectivity index (χ4v) is 5.06. The summed E-state index contributed by atoms with van der Waals surface area (Å²) in [5, 5.41) is 17.4. The topological polar surface area (TPSA) is 54.5 Å². The van der Waals surface area contributed by atoms with Crippen LogP contribution in [-0.2, 0) is 0 Å². The Bertz CT molecular complexity index is 502. The summed E-state index contributed by atoms with van der Waals surface area (Å²) in [5.41, 5.74) is 0.269. The normalized spacial score (nSPS) is 41.0. The number of halogens is 1. The molecule has 1 aromatic heterocycles. The monoisotopic (exact) mass is 262 g/mol. The van der Waals surface area contributed by atoms with E-state index >= 15 is 0 Å². The highest BCUT2D eigenvalue weighted by molar-refractivity contribution is 6.30. The first-order valence-electron chi connectivity index (χ1n) is 6.77. The quantitative estimate of drug-likeness (QED) is 0.782. The molecular formula is C13H15ClN4. The molecule has 0 spiro atoms. The molecule has 4 aliphatic carbocycles. The Morgan fingerprint density at radius 3 is 2.22 bits per heavy atom. The van der Waals surface area contributed by atoms with Crippen LogP contribution in [0.15, 0.2) is 0 Å². The molecule has 5 heteroatoms. The Morgan fingerprint density at radius 2 is 1.72 bits per heavy atom. The minimum Gasteiger partial charge on any atom is -0.229 e. The van der Waals surface area contributed by atoms with Crippen LogP contribution < -0.4 is 0 Å². The van der Waals surface area contributed by atoms with Crippen LogP contribution in [0.3, 0.4) is 0 Å². The van der Waals surface area contributed by atoms with Crippen LogP contribution in [0.5, 0.6) is 0 Å². The maximum Gasteiger partial charge on any atom is 0.201 e. The Hall–Kier alpha value is -1.08. The molecule has 0 aromatic carbocycles. The highest BCUT2D eigenvalue weighted by atomic mass is 35.5. The van der Waals surface area contributed by atoms with Crippen LogP contribution in [-0.4, -0.2) is 15.0 Å². The Labute approximate surface area is 111 Å². The zero-order valence-electron chi connectivity index (χ0n) is 10.1. The summed E-state index contributed by atoms with van der Waals surface area (Å²) in [4.78, 5) is 0. The predicted octanol–water partition coefficient (Wildman–Crippen LogP) is 2.80. The average molecular weight is 263 g/mol. The molecule has 0 atom stereocenters. The van der Waals surface area contributed by atoms with Gasteiger partial charge in [0.25, 0.3) is 0 Å². The second-order valence-corrected chi connectivity index (χ2v) is 6.56. The van der Waals surface area contributed by atoms with Gasteiger partial charge in [-0.2, -0.15) is 5.26 Å². The van der Waals surface area contributed by atoms with Gasteiger partial charge in [-0.25, -0.2) is 4.68 Å². The molecule has 5 rings (SSSR count). The van der Waals surface area contributed by atoms with Crippen molar-refractivity contribution >= 4 is 11.6 Å². The summed E-state index contributed by atoms with van der Waals surface area (Å²) < 4.78 is 1.84. The van der Waals surface area contributed by atoms with Crippen LogP contribution >= 0.6 is 11.6 Å². The van der Waals surface area contributed by atoms with Crippen molar-refractivity contribution in [3.8, 4) is 6.07 Å². The van der Waals surface area contributed by atoms with Gasteiger partial charge in [-0.3, -0.25) is 0 Å². The standard InChI is InChI=1S/C13H15ClN4/c14-13-11(6-15)16-17-18(13)12-9-2-7-1-8(4-9)5-10(12)3-7/h7-10,12H,1-5H2. The summed E-state index contributed by atoms with van der Waals surface area (Å²) in [5.74, 6) is 3.27. The largest absolute Gasteiger partial charge is 0.229 e. The lowest BCUT2D eigenvalue weighted by molar-refractivity contribution is -0.0341. The summed E-state index contributed by atoms with van der Waals surface area (Å²) >= 11 is 6.23. The highest BCUT2D eigenvalue weighted by Crippen LogP contribution is 2.58. The molecule has 0 radical (unpaired) electrons. The third kappa shape index (κ3) is 1.37. The zero-order chi connectivity index (χ0) is 12.3. The van der Waals surface area contributed by atoms with Gasteiger partial charge in [0.2, 0.25) is 5.69 Å². The van der Waals surface area contributed by atoms with E-state index in [0.717, 1.165) is 11.8 Å². The van der Waals surface area contributed by atoms with Crippen LogP contribution in [0, 0.1) is 35.0 Å². The van der Waals surface area contributed by atoms with E-state index in [0.29, 0.717) is 23.0 Å². The van der Waals surface area contributed by atoms with E-state index in [4.69, 9.17) is 16.9 Å². The van der Waals surface area contributed by atoms with E-state index in [9.17, 15) is 0 Å². The maximum absolute atomic E-state index is 8.93. The third-order valence-electron chi connectivity index (χ3n) is 5.20. The van der Waals surface area contributed by atoms with Crippen molar-refractivity contribution in [3.05, 3.63) is 10.8 Å². The van der Waals surface area contributed by atoms with E-state index in [1.165, 1.54) is 32.1 Å². The highest BCUT2D eigenvalue weighted by Gasteiger charge is 2.49. The Kier molecular flexibility index (Phi) is 2.23. The molecule has 4 bridgehead atoms. The maximum atomic E-state index is 8.93. The molecule has 0 N–H and O–H groups in total. The molecule has 4 fully saturated rings. The van der Waals surface area contributed by atoms with Crippen molar-refractivity contribution in [1.29, 1.82) is 5.26 Å². The fourth-order valence-electron chi connectivity index (χ4n) is 4.84. The second-order valence-electron chi connectivity index (χ2n) is 6.21. The van der Waals surface area contributed by atoms with Gasteiger partial charge < -0.3 is 0 Å². The molecule has 4 nitrogen and oxygen atoms in total. The Balaban J connectivity index is 1.73. The molecule has 0 unspecified atom stereocenters. The van der Waals surface area contributed by atoms with Crippen molar-refractivity contribution in [2.45, 2.75) is 38.1 Å². The van der Waals surface area contributed by atoms with E-state index in [1.807, 2.05) is 10.8 Å². The van der Waals surface area contributed by atoms with Gasteiger partial charge >= 0.3 is 0 Å². The van der Waals surface area contributed by atoms with Crippen molar-refractivity contribution in [3.63, 3.8) is 0 Å². The van der Waals surface area contributed by atoms with Crippen LogP contribution in [0.4, 0.5) is 0 Å². The van der Waals surface area contributed by atoms with E-state index in [2.05, 4.69) is 10.3 Å². The average Bonchev–Trinajstić information content (AvgIpc) is 2.70. The van der Waals surface area contributed by atoms with Crippen LogP contribution in [0.25, 0.3) is 0 Å². The minimum atomic E-state index is 0.269. The lowest BCUT2D eigenvalue weighted by Gasteiger charge is -2.54. The van der Waals surface area contributed by atoms with Crippen LogP contribution in [0.1, 0.15) is 43.8 Å². The Morgan fingerprint density at radius 1 is 1.11 bits per heavy atom. The van der Waals surface area contributed by atoms with Crippen molar-refractivity contribution in [2.24, 2.45) is 23.7 Å². The van der Waals surface area contributed by atoms with Crippen LogP contribution in [0.2, 0.25) is 5.15 Å². The summed E-state index contributed by atoms with van der Waals surface area (Å²) in [6, 6.07) is 2.40. The number of hydrogen-bond donors (Lipinski definition) is 0. The number of nitrogens with zero attached hydrogens (tertiary/aromatic N) is 4. The summed E-state index contributed by atoms with van der Waals surface area (Å²) in [6.45, 7) is 0. The number of rotatable bonds is 1. The van der Waals surface area contributed by atoms with Gasteiger partial charge in [0.1, 0.15) is 6.07 Å². The number of nitriles is 1. The molecule has 4 saturated carbocycles. The van der Waals surface area contributed by atoms with Gasteiger partial charge in [-0.05, 0) is 55.8 Å². The lowest BCUT2D eigenvalue weighted by atomic mass is 9.54. The van der Waals surface area contributed by atoms with Crippen molar-refractivity contribution in [2.75, 3.05) is 0 Å². The zero-order valence-corrected chi connectivity index (χ0v) is 10.8. The van der Waals surface area contributed by atoms with E-state index < -0.39 is 0 Å². The molecule has 0 saturated heterocycles. The molecule has 1 aromatic rings. The second kappa shape index (κ2) is 3.71. The van der Waals surface area contributed by atoms with Gasteiger partial charge in [0, 0.05) is 0 Å². The van der Waals surface area contributed by atoms with Gasteiger partial charge in [-0.15, -0.1) is 5.10 Å². The van der Waals surface area contributed by atoms with Crippen molar-refractivity contribution in [1.82, 2.24) is 15.0 Å². The van der Waals surface area contributed by atoms with Gasteiger partial charge in [-0.1, -0.05) is 16.8 Å². The minimum absolute atomic E-state index is 0.269. The summed E-state index contributed by atoms with van der Waals surface area (Å²) in [7, 11) is 0. The SMILES string of the molecule is N#Cc1nnn(C2C3CC4CC(C3)CC2C4)c1Cl. The number of aromatic nitrogens is 3. The van der Waals surface area contributed by atoms with E-state index in [1.54, 1.807) is 0 Å². The van der Waals surface area contributed by atoms with Gasteiger partial charge in [0.05, 0.1) is 6.04 Å². The van der Waals surface area contributed by atoms with Gasteiger partial charge in [0.15, 0.2) is 5.15 Å². The smallest absolute Gasteiger partial charge is 0.201 e. The molecule has 1 heterocycles. The third-order valence-corrected chi connectivity index (χ3v) is 5.56. The first-order valence-corrected chi connectivity index (χ1v) is 7.15. The van der Waals surface area contributed by atoms with Crippen molar-refractivity contribution < 1.29 is 0 Å². The summed E-state index contributed by atoms with van der Waals surface area (Å²) in [6.07, 6.45) is 6.70. The predicted molar refractivity (Wildman–Crippen MR) is 65.8 cm³/mol. The fraction of sp³-hybridized carbons (Fsp3) is 0.769. The number of hydrogen-bond acceptors (Lipinski definition) is 3. The van der Waals surface area contributed by atoms with E-state index in [-0.39, 0.29) is 5.69 Å². The molecule has 0 aliphatic heterocycles. The molecule has 94 valence electrons. The lowest BCUT2D eigenvalue weighted by Crippen LogP contribution is -2.46. The first-order chi connectivity index (χ1) is 8.76.